The van der Waals surface area contributed by atoms with Crippen molar-refractivity contribution in [3.63, 3.8) is 0 Å². The summed E-state index contributed by atoms with van der Waals surface area (Å²) in [7, 11) is 1.67. The van der Waals surface area contributed by atoms with Crippen LogP contribution in [0.5, 0.6) is 5.75 Å². The minimum Gasteiger partial charge on any atom is -0.494 e. The molecule has 4 heteroatoms. The SMILES string of the molecule is COc1cccc2cc(C3CCCCC3)c(NN)nc12. The summed E-state index contributed by atoms with van der Waals surface area (Å²) in [5, 5.41) is 1.11. The van der Waals surface area contributed by atoms with E-state index in [1.807, 2.05) is 12.1 Å². The maximum absolute atomic E-state index is 5.69. The standard InChI is InChI=1S/C16H21N3O/c1-20-14-9-5-8-12-10-13(11-6-3-2-4-7-11)16(19-17)18-15(12)14/h5,8-11H,2-4,6-7,17H2,1H3,(H,18,19). The number of anilines is 1. The monoisotopic (exact) mass is 271 g/mol. The predicted octanol–water partition coefficient (Wildman–Crippen LogP) is 3.58. The normalized spacial score (nSPS) is 16.3. The van der Waals surface area contributed by atoms with Crippen LogP contribution in [0.4, 0.5) is 5.82 Å². The fourth-order valence-electron chi connectivity index (χ4n) is 3.19. The highest BCUT2D eigenvalue weighted by Gasteiger charge is 2.20. The van der Waals surface area contributed by atoms with Gasteiger partial charge in [-0.15, -0.1) is 0 Å². The van der Waals surface area contributed by atoms with E-state index >= 15 is 0 Å². The molecule has 1 saturated carbocycles. The van der Waals surface area contributed by atoms with E-state index in [2.05, 4.69) is 22.5 Å². The van der Waals surface area contributed by atoms with E-state index in [9.17, 15) is 0 Å². The molecule has 20 heavy (non-hydrogen) atoms. The molecule has 0 atom stereocenters. The fourth-order valence-corrected chi connectivity index (χ4v) is 3.19. The predicted molar refractivity (Wildman–Crippen MR) is 81.9 cm³/mol. The van der Waals surface area contributed by atoms with Gasteiger partial charge in [0.1, 0.15) is 17.1 Å². The Morgan fingerprint density at radius 3 is 2.75 bits per heavy atom. The number of pyridine rings is 1. The number of nitrogens with one attached hydrogen (secondary N) is 1. The van der Waals surface area contributed by atoms with Crippen LogP contribution in [0.3, 0.4) is 0 Å². The zero-order valence-corrected chi connectivity index (χ0v) is 11.9. The smallest absolute Gasteiger partial charge is 0.145 e. The first-order valence-corrected chi connectivity index (χ1v) is 7.27. The van der Waals surface area contributed by atoms with Gasteiger partial charge in [-0.25, -0.2) is 10.8 Å². The second-order valence-electron chi connectivity index (χ2n) is 5.44. The zero-order chi connectivity index (χ0) is 13.9. The van der Waals surface area contributed by atoms with Gasteiger partial charge < -0.3 is 10.2 Å². The van der Waals surface area contributed by atoms with E-state index in [0.29, 0.717) is 5.92 Å². The van der Waals surface area contributed by atoms with E-state index in [1.165, 1.54) is 37.7 Å². The Morgan fingerprint density at radius 2 is 2.05 bits per heavy atom. The Morgan fingerprint density at radius 1 is 1.25 bits per heavy atom. The van der Waals surface area contributed by atoms with E-state index in [4.69, 9.17) is 10.6 Å². The van der Waals surface area contributed by atoms with Crippen molar-refractivity contribution in [1.29, 1.82) is 0 Å². The van der Waals surface area contributed by atoms with Crippen LogP contribution in [0.25, 0.3) is 10.9 Å². The maximum Gasteiger partial charge on any atom is 0.145 e. The number of nitrogens with zero attached hydrogens (tertiary/aromatic N) is 1. The van der Waals surface area contributed by atoms with Gasteiger partial charge in [-0.1, -0.05) is 31.4 Å². The van der Waals surface area contributed by atoms with Crippen LogP contribution >= 0.6 is 0 Å². The average molecular weight is 271 g/mol. The first-order valence-electron chi connectivity index (χ1n) is 7.27. The van der Waals surface area contributed by atoms with Crippen molar-refractivity contribution in [2.24, 2.45) is 5.84 Å². The highest BCUT2D eigenvalue weighted by molar-refractivity contribution is 5.87. The third-order valence-electron chi connectivity index (χ3n) is 4.24. The summed E-state index contributed by atoms with van der Waals surface area (Å²) < 4.78 is 5.38. The number of fused-ring (bicyclic) bond motifs is 1. The lowest BCUT2D eigenvalue weighted by molar-refractivity contribution is 0.418. The average Bonchev–Trinajstić information content (AvgIpc) is 2.53. The van der Waals surface area contributed by atoms with E-state index in [0.717, 1.165) is 22.5 Å². The van der Waals surface area contributed by atoms with Gasteiger partial charge in [-0.05, 0) is 36.5 Å². The van der Waals surface area contributed by atoms with Crippen LogP contribution < -0.4 is 16.0 Å². The molecule has 0 saturated heterocycles. The second-order valence-corrected chi connectivity index (χ2v) is 5.44. The van der Waals surface area contributed by atoms with Crippen molar-refractivity contribution in [3.8, 4) is 5.75 Å². The van der Waals surface area contributed by atoms with Crippen LogP contribution in [-0.2, 0) is 0 Å². The molecule has 1 aliphatic carbocycles. The number of benzene rings is 1. The first kappa shape index (κ1) is 13.2. The van der Waals surface area contributed by atoms with E-state index < -0.39 is 0 Å². The Balaban J connectivity index is 2.11. The van der Waals surface area contributed by atoms with Gasteiger partial charge in [-0.2, -0.15) is 0 Å². The summed E-state index contributed by atoms with van der Waals surface area (Å²) in [4.78, 5) is 4.68. The van der Waals surface area contributed by atoms with Gasteiger partial charge in [0.15, 0.2) is 0 Å². The highest BCUT2D eigenvalue weighted by Crippen LogP contribution is 2.38. The van der Waals surface area contributed by atoms with Crippen molar-refractivity contribution < 1.29 is 4.74 Å². The molecule has 3 rings (SSSR count). The fraction of sp³-hybridized carbons (Fsp3) is 0.438. The number of rotatable bonds is 3. The summed E-state index contributed by atoms with van der Waals surface area (Å²) in [5.41, 5.74) is 4.88. The lowest BCUT2D eigenvalue weighted by atomic mass is 9.84. The number of aromatic nitrogens is 1. The lowest BCUT2D eigenvalue weighted by Crippen LogP contribution is -2.14. The molecule has 2 aromatic rings. The molecule has 1 aromatic heterocycles. The van der Waals surface area contributed by atoms with Gasteiger partial charge in [0.05, 0.1) is 7.11 Å². The minimum absolute atomic E-state index is 0.568. The topological polar surface area (TPSA) is 60.2 Å². The molecule has 1 aliphatic rings. The number of hydrogen-bond donors (Lipinski definition) is 2. The summed E-state index contributed by atoms with van der Waals surface area (Å²) in [6.07, 6.45) is 6.39. The third kappa shape index (κ3) is 2.31. The zero-order valence-electron chi connectivity index (χ0n) is 11.9. The molecule has 1 fully saturated rings. The highest BCUT2D eigenvalue weighted by atomic mass is 16.5. The van der Waals surface area contributed by atoms with Crippen LogP contribution in [0.2, 0.25) is 0 Å². The summed E-state index contributed by atoms with van der Waals surface area (Å²) in [5.74, 6) is 7.83. The van der Waals surface area contributed by atoms with Gasteiger partial charge in [0, 0.05) is 5.39 Å². The molecule has 3 N–H and O–H groups in total. The molecular formula is C16H21N3O. The number of methoxy groups -OCH3 is 1. The van der Waals surface area contributed by atoms with Crippen LogP contribution in [0.15, 0.2) is 24.3 Å². The second kappa shape index (κ2) is 5.67. The number of nitrogen functional groups attached to an aromatic ring is 1. The molecule has 0 amide bonds. The third-order valence-corrected chi connectivity index (χ3v) is 4.24. The van der Waals surface area contributed by atoms with Gasteiger partial charge in [0.25, 0.3) is 0 Å². The number of para-hydroxylation sites is 1. The first-order chi connectivity index (χ1) is 9.83. The van der Waals surface area contributed by atoms with Crippen LogP contribution in [0, 0.1) is 0 Å². The quantitative estimate of drug-likeness (QED) is 0.661. The van der Waals surface area contributed by atoms with E-state index in [-0.39, 0.29) is 0 Å². The largest absolute Gasteiger partial charge is 0.494 e. The Hall–Kier alpha value is -1.81. The number of hydrogen-bond acceptors (Lipinski definition) is 4. The number of ether oxygens (including phenoxy) is 1. The van der Waals surface area contributed by atoms with Crippen molar-refractivity contribution in [2.45, 2.75) is 38.0 Å². The van der Waals surface area contributed by atoms with E-state index in [1.54, 1.807) is 7.11 Å². The molecule has 0 aliphatic heterocycles. The van der Waals surface area contributed by atoms with Gasteiger partial charge >= 0.3 is 0 Å². The summed E-state index contributed by atoms with van der Waals surface area (Å²) in [6, 6.07) is 8.23. The Bertz CT molecular complexity index is 606. The van der Waals surface area contributed by atoms with Crippen molar-refractivity contribution >= 4 is 16.7 Å². The Kier molecular flexibility index (Phi) is 3.74. The number of hydrazine groups is 1. The summed E-state index contributed by atoms with van der Waals surface area (Å²) >= 11 is 0. The molecule has 0 unspecified atom stereocenters. The number of nitrogens with two attached hydrogens (primary N) is 1. The Labute approximate surface area is 119 Å². The molecule has 0 spiro atoms. The molecule has 0 radical (unpaired) electrons. The lowest BCUT2D eigenvalue weighted by Gasteiger charge is -2.24. The van der Waals surface area contributed by atoms with Crippen molar-refractivity contribution in [1.82, 2.24) is 4.98 Å². The minimum atomic E-state index is 0.568. The maximum atomic E-state index is 5.69. The molecule has 1 aromatic carbocycles. The van der Waals surface area contributed by atoms with Crippen LogP contribution in [0.1, 0.15) is 43.6 Å². The molecule has 1 heterocycles. The molecule has 0 bridgehead atoms. The van der Waals surface area contributed by atoms with Crippen LogP contribution in [-0.4, -0.2) is 12.1 Å². The van der Waals surface area contributed by atoms with Gasteiger partial charge in [0.2, 0.25) is 0 Å². The van der Waals surface area contributed by atoms with Gasteiger partial charge in [-0.3, -0.25) is 0 Å². The summed E-state index contributed by atoms with van der Waals surface area (Å²) in [6.45, 7) is 0. The van der Waals surface area contributed by atoms with Crippen molar-refractivity contribution in [2.75, 3.05) is 12.5 Å². The molecule has 4 nitrogen and oxygen atoms in total. The molecular weight excluding hydrogens is 250 g/mol. The molecule has 106 valence electrons. The van der Waals surface area contributed by atoms with Crippen molar-refractivity contribution in [3.05, 3.63) is 29.8 Å².